The molecule has 4 aliphatic rings. The maximum atomic E-state index is 13.8. The topological polar surface area (TPSA) is 67.9 Å². The molecule has 1 fully saturated rings. The number of hydrogen-bond acceptors (Lipinski definition) is 4. The van der Waals surface area contributed by atoms with Gasteiger partial charge < -0.3 is 14.8 Å². The molecule has 0 spiro atoms. The van der Waals surface area contributed by atoms with Crippen LogP contribution < -0.4 is 5.32 Å². The monoisotopic (exact) mass is 644 g/mol. The highest BCUT2D eigenvalue weighted by Gasteiger charge is 2.54. The lowest BCUT2D eigenvalue weighted by atomic mass is 9.69. The summed E-state index contributed by atoms with van der Waals surface area (Å²) in [5.41, 5.74) is -2.02. The lowest BCUT2D eigenvalue weighted by molar-refractivity contribution is -0.123. The molecule has 3 unspecified atom stereocenters. The maximum absolute atomic E-state index is 13.8. The average molecular weight is 645 g/mol. The number of hydrogen-bond donors (Lipinski definition) is 1. The van der Waals surface area contributed by atoms with Crippen molar-refractivity contribution in [2.24, 2.45) is 22.7 Å². The molecule has 4 rings (SSSR count). The Bertz CT molecular complexity index is 1350. The van der Waals surface area contributed by atoms with E-state index in [1.165, 1.54) is 11.8 Å². The number of carbonyl (C=O) groups is 2. The van der Waals surface area contributed by atoms with Crippen LogP contribution in [0.5, 0.6) is 0 Å². The molecular weight excluding hydrogens is 602 g/mol. The fourth-order valence-corrected chi connectivity index (χ4v) is 6.88. The van der Waals surface area contributed by atoms with Crippen LogP contribution in [0.4, 0.5) is 31.1 Å². The van der Waals surface area contributed by atoms with Crippen molar-refractivity contribution in [1.29, 1.82) is 0 Å². The fourth-order valence-electron chi connectivity index (χ4n) is 6.88. The molecule has 2 amide bonds. The predicted molar refractivity (Wildman–Crippen MR) is 157 cm³/mol. The lowest BCUT2D eigenvalue weighted by Gasteiger charge is -2.40. The van der Waals surface area contributed by atoms with Gasteiger partial charge in [-0.25, -0.2) is 4.79 Å². The second kappa shape index (κ2) is 12.3. The Balaban J connectivity index is 1.69. The summed E-state index contributed by atoms with van der Waals surface area (Å²) in [6.07, 6.45) is -4.48. The van der Waals surface area contributed by atoms with Gasteiger partial charge >= 0.3 is 18.4 Å². The third-order valence-electron chi connectivity index (χ3n) is 9.34. The van der Waals surface area contributed by atoms with Crippen molar-refractivity contribution in [3.63, 3.8) is 0 Å². The maximum Gasteiger partial charge on any atom is 0.416 e. The predicted octanol–water partition coefficient (Wildman–Crippen LogP) is 7.95. The molecule has 12 heteroatoms. The molecule has 250 valence electrons. The number of halogens is 6. The van der Waals surface area contributed by atoms with Crippen LogP contribution in [-0.4, -0.2) is 61.2 Å². The molecular formula is C33H42F6N2O4. The molecule has 3 aliphatic carbocycles. The van der Waals surface area contributed by atoms with Crippen molar-refractivity contribution >= 4 is 12.0 Å². The third-order valence-corrected chi connectivity index (χ3v) is 9.34. The zero-order valence-electron chi connectivity index (χ0n) is 26.7. The summed E-state index contributed by atoms with van der Waals surface area (Å²) in [6, 6.07) is -0.819. The third kappa shape index (κ3) is 7.52. The van der Waals surface area contributed by atoms with E-state index in [9.17, 15) is 35.9 Å². The number of cyclic esters (lactones) is 1. The molecule has 0 aromatic carbocycles. The number of nitrogens with zero attached hydrogens (tertiary/aromatic N) is 1. The van der Waals surface area contributed by atoms with E-state index in [1.807, 2.05) is 12.2 Å². The normalized spacial score (nSPS) is 30.7. The number of rotatable bonds is 7. The summed E-state index contributed by atoms with van der Waals surface area (Å²) >= 11 is 0. The average Bonchev–Trinajstić information content (AvgIpc) is 3.20. The first-order valence-corrected chi connectivity index (χ1v) is 15.1. The summed E-state index contributed by atoms with van der Waals surface area (Å²) in [6.45, 7) is 10.8. The second-order valence-electron chi connectivity index (χ2n) is 13.9. The van der Waals surface area contributed by atoms with Gasteiger partial charge in [-0.3, -0.25) is 9.69 Å². The Morgan fingerprint density at radius 1 is 1.13 bits per heavy atom. The van der Waals surface area contributed by atoms with Crippen LogP contribution in [-0.2, 0) is 14.3 Å². The molecule has 1 heterocycles. The van der Waals surface area contributed by atoms with Crippen LogP contribution in [0.1, 0.15) is 67.2 Å². The van der Waals surface area contributed by atoms with Gasteiger partial charge in [-0.1, -0.05) is 64.0 Å². The first-order valence-electron chi connectivity index (χ1n) is 15.1. The molecule has 1 saturated heterocycles. The number of amides is 2. The zero-order valence-corrected chi connectivity index (χ0v) is 26.7. The molecule has 45 heavy (non-hydrogen) atoms. The van der Waals surface area contributed by atoms with E-state index in [-0.39, 0.29) is 41.9 Å². The van der Waals surface area contributed by atoms with Crippen LogP contribution >= 0.6 is 0 Å². The van der Waals surface area contributed by atoms with Crippen LogP contribution in [0, 0.1) is 22.7 Å². The highest BCUT2D eigenvalue weighted by atomic mass is 19.4. The molecule has 0 radical (unpaired) electrons. The number of ether oxygens (including phenoxy) is 2. The molecule has 1 aliphatic heterocycles. The molecule has 0 bridgehead atoms. The van der Waals surface area contributed by atoms with E-state index >= 15 is 0 Å². The van der Waals surface area contributed by atoms with Gasteiger partial charge in [0, 0.05) is 42.2 Å². The van der Waals surface area contributed by atoms with Crippen molar-refractivity contribution in [1.82, 2.24) is 10.2 Å². The standard InChI is InChI=1S/C33H42F6N2O4/c1-18(2)28(42)40-23-8-9-26(44-7)25(13-23)24-10-11-30(4,5)14-20(24)17-41-19(3)27(45-29(41)43)31(6)15-21(32(34,35)36)12-22(16-31)33(37,38)39/h8-9,12-13,15,18-19,25-27H,10-11,14,16-17H2,1-7H3,(H,40,42)/t19-,25?,26?,27-,31?/m0/s1. The smallest absolute Gasteiger partial charge is 0.416 e. The molecule has 0 saturated carbocycles. The van der Waals surface area contributed by atoms with Gasteiger partial charge in [-0.05, 0) is 50.2 Å². The van der Waals surface area contributed by atoms with Crippen molar-refractivity contribution in [2.75, 3.05) is 13.7 Å². The van der Waals surface area contributed by atoms with E-state index < -0.39 is 53.6 Å². The summed E-state index contributed by atoms with van der Waals surface area (Å²) in [4.78, 5) is 27.1. The summed E-state index contributed by atoms with van der Waals surface area (Å²) in [7, 11) is 1.59. The Labute approximate surface area is 260 Å². The molecule has 1 N–H and O–H groups in total. The van der Waals surface area contributed by atoms with Crippen LogP contribution in [0.25, 0.3) is 0 Å². The Morgan fingerprint density at radius 2 is 1.80 bits per heavy atom. The highest BCUT2D eigenvalue weighted by molar-refractivity contribution is 5.80. The van der Waals surface area contributed by atoms with Gasteiger partial charge in [0.25, 0.3) is 0 Å². The molecule has 5 atom stereocenters. The van der Waals surface area contributed by atoms with Crippen molar-refractivity contribution in [3.05, 3.63) is 58.4 Å². The lowest BCUT2D eigenvalue weighted by Crippen LogP contribution is -2.45. The van der Waals surface area contributed by atoms with E-state index in [0.29, 0.717) is 18.5 Å². The van der Waals surface area contributed by atoms with E-state index in [1.54, 1.807) is 34.0 Å². The SMILES string of the molecule is COC1C=CC(NC(=O)C(C)C)=CC1C1=C(CN2C(=O)O[C@H](C3(C)C=C(C(F)(F)F)C=C(C(F)(F)F)C3)[C@@H]2C)CC(C)(C)CC1. The van der Waals surface area contributed by atoms with Gasteiger partial charge in [0.15, 0.2) is 0 Å². The van der Waals surface area contributed by atoms with Crippen molar-refractivity contribution < 1.29 is 45.4 Å². The van der Waals surface area contributed by atoms with E-state index in [2.05, 4.69) is 19.2 Å². The van der Waals surface area contributed by atoms with Crippen molar-refractivity contribution in [3.8, 4) is 0 Å². The van der Waals surface area contributed by atoms with Gasteiger partial charge in [0.05, 0.1) is 17.7 Å². The number of alkyl halides is 6. The summed E-state index contributed by atoms with van der Waals surface area (Å²) < 4.78 is 93.9. The molecule has 0 aromatic rings. The second-order valence-corrected chi connectivity index (χ2v) is 13.9. The molecule has 0 aromatic heterocycles. The van der Waals surface area contributed by atoms with Gasteiger partial charge in [0.1, 0.15) is 6.10 Å². The van der Waals surface area contributed by atoms with Crippen LogP contribution in [0.2, 0.25) is 0 Å². The first kappa shape index (κ1) is 34.8. The number of carbonyl (C=O) groups excluding carboxylic acids is 2. The number of allylic oxidation sites excluding steroid dienone is 4. The number of nitrogens with one attached hydrogen (secondary N) is 1. The van der Waals surface area contributed by atoms with Gasteiger partial charge in [-0.15, -0.1) is 0 Å². The highest BCUT2D eigenvalue weighted by Crippen LogP contribution is 2.50. The Hall–Kier alpha value is -3.02. The zero-order chi connectivity index (χ0) is 33.7. The van der Waals surface area contributed by atoms with E-state index in [0.717, 1.165) is 23.6 Å². The minimum atomic E-state index is -5.01. The number of methoxy groups -OCH3 is 1. The van der Waals surface area contributed by atoms with Crippen LogP contribution in [0.15, 0.2) is 58.4 Å². The fraction of sp³-hybridized carbons (Fsp3) is 0.636. The van der Waals surface area contributed by atoms with Crippen LogP contribution in [0.3, 0.4) is 0 Å². The van der Waals surface area contributed by atoms with Gasteiger partial charge in [-0.2, -0.15) is 26.3 Å². The van der Waals surface area contributed by atoms with Crippen molar-refractivity contribution in [2.45, 2.75) is 97.8 Å². The van der Waals surface area contributed by atoms with Gasteiger partial charge in [0.2, 0.25) is 5.91 Å². The Morgan fingerprint density at radius 3 is 2.38 bits per heavy atom. The summed E-state index contributed by atoms with van der Waals surface area (Å²) in [5, 5.41) is 2.93. The van der Waals surface area contributed by atoms with E-state index in [4.69, 9.17) is 9.47 Å². The Kier molecular flexibility index (Phi) is 9.52. The minimum absolute atomic E-state index is 0.0985. The summed E-state index contributed by atoms with van der Waals surface area (Å²) in [5.74, 6) is -0.623. The minimum Gasteiger partial charge on any atom is -0.443 e. The quantitative estimate of drug-likeness (QED) is 0.226. The first-order chi connectivity index (χ1) is 20.6. The largest absolute Gasteiger partial charge is 0.443 e. The molecule has 6 nitrogen and oxygen atoms in total.